The first-order chi connectivity index (χ1) is 10.1. The average Bonchev–Trinajstić information content (AvgIpc) is 2.54. The van der Waals surface area contributed by atoms with Crippen molar-refractivity contribution < 1.29 is 14.6 Å². The van der Waals surface area contributed by atoms with Crippen LogP contribution in [0.3, 0.4) is 0 Å². The maximum atomic E-state index is 12.9. The van der Waals surface area contributed by atoms with Crippen LogP contribution in [0.5, 0.6) is 5.75 Å². The summed E-state index contributed by atoms with van der Waals surface area (Å²) in [6.07, 6.45) is 2.23. The molecule has 114 valence electrons. The van der Waals surface area contributed by atoms with Crippen LogP contribution in [0.15, 0.2) is 18.2 Å². The van der Waals surface area contributed by atoms with Crippen LogP contribution in [0.4, 0.5) is 0 Å². The number of aromatic hydroxyl groups is 1. The maximum absolute atomic E-state index is 12.9. The highest BCUT2D eigenvalue weighted by molar-refractivity contribution is 5.83. The van der Waals surface area contributed by atoms with E-state index >= 15 is 0 Å². The van der Waals surface area contributed by atoms with Crippen LogP contribution >= 0.6 is 0 Å². The van der Waals surface area contributed by atoms with E-state index in [0.717, 1.165) is 18.5 Å². The van der Waals surface area contributed by atoms with Crippen molar-refractivity contribution in [2.75, 3.05) is 26.3 Å². The van der Waals surface area contributed by atoms with Gasteiger partial charge in [0.15, 0.2) is 0 Å². The Labute approximate surface area is 124 Å². The number of fused-ring (bicyclic) bond motifs is 1. The largest absolute Gasteiger partial charge is 0.508 e. The fourth-order valence-electron chi connectivity index (χ4n) is 3.32. The van der Waals surface area contributed by atoms with Gasteiger partial charge in [-0.1, -0.05) is 6.07 Å². The fraction of sp³-hybridized carbons (Fsp3) is 0.562. The zero-order valence-electron chi connectivity index (χ0n) is 12.2. The summed E-state index contributed by atoms with van der Waals surface area (Å²) in [6, 6.07) is 5.41. The van der Waals surface area contributed by atoms with Gasteiger partial charge in [-0.05, 0) is 42.5 Å². The third-order valence-electron chi connectivity index (χ3n) is 4.78. The second-order valence-corrected chi connectivity index (χ2v) is 6.03. The van der Waals surface area contributed by atoms with Crippen molar-refractivity contribution in [1.82, 2.24) is 4.90 Å². The molecule has 0 aromatic heterocycles. The van der Waals surface area contributed by atoms with E-state index in [2.05, 4.69) is 0 Å². The lowest BCUT2D eigenvalue weighted by Gasteiger charge is -2.40. The van der Waals surface area contributed by atoms with Gasteiger partial charge in [0.05, 0.1) is 5.41 Å². The molecule has 2 aliphatic heterocycles. The number of nitrogens with zero attached hydrogens (tertiary/aromatic N) is 1. The highest BCUT2D eigenvalue weighted by Gasteiger charge is 2.42. The third kappa shape index (κ3) is 2.63. The molecule has 0 bridgehead atoms. The summed E-state index contributed by atoms with van der Waals surface area (Å²) >= 11 is 0. The number of carbonyl (C=O) groups is 1. The SMILES string of the molecule is NCC1(C(=O)N2CCc3ccc(O)cc3C2)CCOCC1. The molecule has 0 atom stereocenters. The van der Waals surface area contributed by atoms with E-state index in [1.165, 1.54) is 5.56 Å². The number of amides is 1. The van der Waals surface area contributed by atoms with Crippen LogP contribution in [0.25, 0.3) is 0 Å². The third-order valence-corrected chi connectivity index (χ3v) is 4.78. The van der Waals surface area contributed by atoms with E-state index in [1.807, 2.05) is 11.0 Å². The Bertz CT molecular complexity index is 538. The highest BCUT2D eigenvalue weighted by atomic mass is 16.5. The van der Waals surface area contributed by atoms with Crippen molar-refractivity contribution in [3.63, 3.8) is 0 Å². The first-order valence-electron chi connectivity index (χ1n) is 7.53. The Balaban J connectivity index is 1.80. The van der Waals surface area contributed by atoms with Crippen molar-refractivity contribution in [2.24, 2.45) is 11.1 Å². The molecule has 21 heavy (non-hydrogen) atoms. The number of hydrogen-bond donors (Lipinski definition) is 2. The molecule has 3 rings (SSSR count). The van der Waals surface area contributed by atoms with Gasteiger partial charge in [0, 0.05) is 32.8 Å². The van der Waals surface area contributed by atoms with E-state index in [-0.39, 0.29) is 11.7 Å². The van der Waals surface area contributed by atoms with E-state index in [9.17, 15) is 9.90 Å². The summed E-state index contributed by atoms with van der Waals surface area (Å²) in [5, 5.41) is 9.62. The summed E-state index contributed by atoms with van der Waals surface area (Å²) in [7, 11) is 0. The monoisotopic (exact) mass is 290 g/mol. The normalized spacial score (nSPS) is 20.9. The Morgan fingerprint density at radius 3 is 2.81 bits per heavy atom. The number of carbonyl (C=O) groups excluding carboxylic acids is 1. The summed E-state index contributed by atoms with van der Waals surface area (Å²) in [5.41, 5.74) is 7.71. The van der Waals surface area contributed by atoms with Crippen LogP contribution in [-0.4, -0.2) is 42.2 Å². The fourth-order valence-corrected chi connectivity index (χ4v) is 3.32. The molecule has 3 N–H and O–H groups in total. The van der Waals surface area contributed by atoms with Gasteiger partial charge in [0.1, 0.15) is 5.75 Å². The Hall–Kier alpha value is -1.59. The van der Waals surface area contributed by atoms with E-state index in [1.54, 1.807) is 12.1 Å². The van der Waals surface area contributed by atoms with Crippen LogP contribution < -0.4 is 5.73 Å². The predicted molar refractivity (Wildman–Crippen MR) is 78.8 cm³/mol. The minimum absolute atomic E-state index is 0.141. The number of benzene rings is 1. The van der Waals surface area contributed by atoms with Gasteiger partial charge in [-0.3, -0.25) is 4.79 Å². The second kappa shape index (κ2) is 5.66. The molecule has 2 aliphatic rings. The molecular formula is C16H22N2O3. The molecule has 1 amide bonds. The molecule has 0 saturated carbocycles. The summed E-state index contributed by atoms with van der Waals surface area (Å²) in [5.74, 6) is 0.393. The summed E-state index contributed by atoms with van der Waals surface area (Å²) in [4.78, 5) is 14.8. The maximum Gasteiger partial charge on any atom is 0.230 e. The molecule has 1 aromatic carbocycles. The molecule has 2 heterocycles. The number of hydrogen-bond acceptors (Lipinski definition) is 4. The zero-order chi connectivity index (χ0) is 14.9. The topological polar surface area (TPSA) is 75.8 Å². The van der Waals surface area contributed by atoms with Crippen LogP contribution in [-0.2, 0) is 22.5 Å². The standard InChI is InChI=1S/C16H22N2O3/c17-11-16(4-7-21-8-5-16)15(20)18-6-3-12-1-2-14(19)9-13(12)10-18/h1-2,9,19H,3-8,10-11,17H2. The van der Waals surface area contributed by atoms with E-state index in [4.69, 9.17) is 10.5 Å². The molecule has 0 aliphatic carbocycles. The van der Waals surface area contributed by atoms with Gasteiger partial charge < -0.3 is 20.5 Å². The summed E-state index contributed by atoms with van der Waals surface area (Å²) in [6.45, 7) is 2.87. The molecule has 1 fully saturated rings. The van der Waals surface area contributed by atoms with Gasteiger partial charge in [0.25, 0.3) is 0 Å². The van der Waals surface area contributed by atoms with Gasteiger partial charge in [-0.25, -0.2) is 0 Å². The molecule has 5 heteroatoms. The number of rotatable bonds is 2. The van der Waals surface area contributed by atoms with Gasteiger partial charge >= 0.3 is 0 Å². The molecule has 1 aromatic rings. The number of nitrogens with two attached hydrogens (primary N) is 1. The lowest BCUT2D eigenvalue weighted by Crippen LogP contribution is -2.51. The average molecular weight is 290 g/mol. The quantitative estimate of drug-likeness (QED) is 0.853. The summed E-state index contributed by atoms with van der Waals surface area (Å²) < 4.78 is 5.38. The number of phenolic OH excluding ortho intramolecular Hbond substituents is 1. The van der Waals surface area contributed by atoms with Crippen molar-refractivity contribution in [1.29, 1.82) is 0 Å². The smallest absolute Gasteiger partial charge is 0.230 e. The van der Waals surface area contributed by atoms with Gasteiger partial charge in [0.2, 0.25) is 5.91 Å². The molecule has 1 saturated heterocycles. The molecule has 0 radical (unpaired) electrons. The van der Waals surface area contributed by atoms with Crippen molar-refractivity contribution in [2.45, 2.75) is 25.8 Å². The molecule has 0 spiro atoms. The van der Waals surface area contributed by atoms with E-state index in [0.29, 0.717) is 39.1 Å². The molecule has 0 unspecified atom stereocenters. The molecule has 5 nitrogen and oxygen atoms in total. The van der Waals surface area contributed by atoms with Crippen LogP contribution in [0, 0.1) is 5.41 Å². The lowest BCUT2D eigenvalue weighted by atomic mass is 9.78. The van der Waals surface area contributed by atoms with Gasteiger partial charge in [-0.2, -0.15) is 0 Å². The number of phenols is 1. The zero-order valence-corrected chi connectivity index (χ0v) is 12.2. The van der Waals surface area contributed by atoms with Crippen LogP contribution in [0.1, 0.15) is 24.0 Å². The first-order valence-corrected chi connectivity index (χ1v) is 7.53. The van der Waals surface area contributed by atoms with Gasteiger partial charge in [-0.15, -0.1) is 0 Å². The Morgan fingerprint density at radius 1 is 1.33 bits per heavy atom. The minimum atomic E-state index is -0.466. The predicted octanol–water partition coefficient (Wildman–Crippen LogP) is 1.03. The van der Waals surface area contributed by atoms with Crippen molar-refractivity contribution >= 4 is 5.91 Å². The van der Waals surface area contributed by atoms with Crippen molar-refractivity contribution in [3.8, 4) is 5.75 Å². The van der Waals surface area contributed by atoms with E-state index < -0.39 is 5.41 Å². The van der Waals surface area contributed by atoms with Crippen molar-refractivity contribution in [3.05, 3.63) is 29.3 Å². The van der Waals surface area contributed by atoms with Crippen LogP contribution in [0.2, 0.25) is 0 Å². The second-order valence-electron chi connectivity index (χ2n) is 6.03. The minimum Gasteiger partial charge on any atom is -0.508 e. The highest BCUT2D eigenvalue weighted by Crippen LogP contribution is 2.34. The molecular weight excluding hydrogens is 268 g/mol. The number of ether oxygens (including phenoxy) is 1. The Morgan fingerprint density at radius 2 is 2.10 bits per heavy atom. The Kier molecular flexibility index (Phi) is 3.87. The first kappa shape index (κ1) is 14.4. The lowest BCUT2D eigenvalue weighted by molar-refractivity contribution is -0.148.